The lowest BCUT2D eigenvalue weighted by Gasteiger charge is -2.33. The Morgan fingerprint density at radius 1 is 1.13 bits per heavy atom. The molecule has 9 heteroatoms. The maximum absolute atomic E-state index is 13.1. The predicted molar refractivity (Wildman–Crippen MR) is 116 cm³/mol. The molecule has 166 valence electrons. The summed E-state index contributed by atoms with van der Waals surface area (Å²) in [5.74, 6) is 0.879. The number of hydrogen-bond donors (Lipinski definition) is 1. The van der Waals surface area contributed by atoms with E-state index in [4.69, 9.17) is 13.6 Å². The molecule has 1 N–H and O–H groups in total. The van der Waals surface area contributed by atoms with Crippen LogP contribution in [0.25, 0.3) is 11.0 Å². The third-order valence-electron chi connectivity index (χ3n) is 5.34. The van der Waals surface area contributed by atoms with Gasteiger partial charge in [0.05, 0.1) is 25.0 Å². The molecule has 0 saturated carbocycles. The summed E-state index contributed by atoms with van der Waals surface area (Å²) >= 11 is 0. The standard InChI is InChI=1S/C22H26N2O6S/c1-15-7-8-20(29-15)18(24-9-11-28-12-10-24)13-23-22(25)21-17(14-31(2,26)27)16-5-3-4-6-19(16)30-21/h3-8,18H,9-14H2,1-2H3,(H,23,25). The van der Waals surface area contributed by atoms with E-state index in [-0.39, 0.29) is 17.6 Å². The van der Waals surface area contributed by atoms with Crippen LogP contribution in [0.3, 0.4) is 0 Å². The van der Waals surface area contributed by atoms with Gasteiger partial charge in [-0.2, -0.15) is 0 Å². The summed E-state index contributed by atoms with van der Waals surface area (Å²) in [5, 5.41) is 3.55. The molecule has 1 aliphatic heterocycles. The van der Waals surface area contributed by atoms with Gasteiger partial charge in [0.2, 0.25) is 0 Å². The lowest BCUT2D eigenvalue weighted by molar-refractivity contribution is 0.0116. The Labute approximate surface area is 181 Å². The molecule has 1 atom stereocenters. The molecule has 3 aromatic rings. The molecule has 0 spiro atoms. The Morgan fingerprint density at radius 2 is 1.87 bits per heavy atom. The monoisotopic (exact) mass is 446 g/mol. The van der Waals surface area contributed by atoms with Crippen LogP contribution in [0.15, 0.2) is 45.2 Å². The molecule has 0 bridgehead atoms. The molecule has 31 heavy (non-hydrogen) atoms. The fourth-order valence-corrected chi connectivity index (χ4v) is 4.70. The Hall–Kier alpha value is -2.62. The molecule has 1 unspecified atom stereocenters. The summed E-state index contributed by atoms with van der Waals surface area (Å²) in [6, 6.07) is 10.7. The Kier molecular flexibility index (Phi) is 6.17. The van der Waals surface area contributed by atoms with Crippen molar-refractivity contribution in [3.05, 3.63) is 59.2 Å². The molecule has 1 aromatic carbocycles. The number of fused-ring (bicyclic) bond motifs is 1. The first-order chi connectivity index (χ1) is 14.8. The number of morpholine rings is 1. The molecule has 0 aliphatic carbocycles. The van der Waals surface area contributed by atoms with E-state index in [1.807, 2.05) is 19.1 Å². The van der Waals surface area contributed by atoms with Crippen molar-refractivity contribution in [2.45, 2.75) is 18.7 Å². The first-order valence-corrected chi connectivity index (χ1v) is 12.2. The fraction of sp³-hybridized carbons (Fsp3) is 0.409. The number of hydrogen-bond acceptors (Lipinski definition) is 7. The topological polar surface area (TPSA) is 102 Å². The smallest absolute Gasteiger partial charge is 0.287 e. The zero-order chi connectivity index (χ0) is 22.0. The lowest BCUT2D eigenvalue weighted by atomic mass is 10.1. The van der Waals surface area contributed by atoms with Crippen molar-refractivity contribution in [2.24, 2.45) is 0 Å². The van der Waals surface area contributed by atoms with Crippen LogP contribution in [0, 0.1) is 6.92 Å². The molecule has 3 heterocycles. The molecule has 1 fully saturated rings. The quantitative estimate of drug-likeness (QED) is 0.595. The third kappa shape index (κ3) is 5.00. The Balaban J connectivity index is 1.59. The normalized spacial score (nSPS) is 16.5. The third-order valence-corrected chi connectivity index (χ3v) is 6.16. The molecule has 8 nitrogen and oxygen atoms in total. The number of ether oxygens (including phenoxy) is 1. The summed E-state index contributed by atoms with van der Waals surface area (Å²) in [7, 11) is -3.36. The number of sulfone groups is 1. The van der Waals surface area contributed by atoms with Crippen LogP contribution in [0.1, 0.15) is 33.7 Å². The van der Waals surface area contributed by atoms with Gasteiger partial charge < -0.3 is 18.9 Å². The molecule has 0 radical (unpaired) electrons. The van der Waals surface area contributed by atoms with Crippen molar-refractivity contribution in [1.82, 2.24) is 10.2 Å². The number of amides is 1. The maximum atomic E-state index is 13.1. The number of rotatable bonds is 7. The largest absolute Gasteiger partial charge is 0.465 e. The highest BCUT2D eigenvalue weighted by Crippen LogP contribution is 2.28. The number of para-hydroxylation sites is 1. The minimum atomic E-state index is -3.36. The molecular formula is C22H26N2O6S. The van der Waals surface area contributed by atoms with E-state index < -0.39 is 15.7 Å². The van der Waals surface area contributed by atoms with E-state index in [0.29, 0.717) is 36.3 Å². The van der Waals surface area contributed by atoms with Crippen LogP contribution in [-0.2, 0) is 20.3 Å². The number of furan rings is 2. The van der Waals surface area contributed by atoms with E-state index in [0.717, 1.165) is 30.9 Å². The first kappa shape index (κ1) is 21.6. The average Bonchev–Trinajstić information content (AvgIpc) is 3.32. The minimum absolute atomic E-state index is 0.0305. The molecule has 1 aliphatic rings. The SMILES string of the molecule is Cc1ccc(C(CNC(=O)c2oc3ccccc3c2CS(C)(=O)=O)N2CCOCC2)o1. The van der Waals surface area contributed by atoms with Crippen LogP contribution in [0.2, 0.25) is 0 Å². The summed E-state index contributed by atoms with van der Waals surface area (Å²) in [4.78, 5) is 15.3. The van der Waals surface area contributed by atoms with Gasteiger partial charge in [0.1, 0.15) is 17.1 Å². The lowest BCUT2D eigenvalue weighted by Crippen LogP contribution is -2.43. The van der Waals surface area contributed by atoms with Gasteiger partial charge in [-0.1, -0.05) is 18.2 Å². The van der Waals surface area contributed by atoms with Gasteiger partial charge in [0.15, 0.2) is 15.6 Å². The van der Waals surface area contributed by atoms with Crippen molar-refractivity contribution >= 4 is 26.7 Å². The number of nitrogens with one attached hydrogen (secondary N) is 1. The van der Waals surface area contributed by atoms with Gasteiger partial charge in [-0.05, 0) is 25.1 Å². The van der Waals surface area contributed by atoms with Crippen LogP contribution >= 0.6 is 0 Å². The van der Waals surface area contributed by atoms with Gasteiger partial charge in [-0.15, -0.1) is 0 Å². The highest BCUT2D eigenvalue weighted by atomic mass is 32.2. The molecule has 1 amide bonds. The second-order valence-electron chi connectivity index (χ2n) is 7.80. The Bertz CT molecular complexity index is 1170. The molecular weight excluding hydrogens is 420 g/mol. The van der Waals surface area contributed by atoms with E-state index in [1.54, 1.807) is 24.3 Å². The van der Waals surface area contributed by atoms with Gasteiger partial charge >= 0.3 is 0 Å². The van der Waals surface area contributed by atoms with Gasteiger partial charge in [-0.25, -0.2) is 8.42 Å². The number of aryl methyl sites for hydroxylation is 1. The van der Waals surface area contributed by atoms with Crippen molar-refractivity contribution in [1.29, 1.82) is 0 Å². The van der Waals surface area contributed by atoms with E-state index in [9.17, 15) is 13.2 Å². The van der Waals surface area contributed by atoms with E-state index in [1.165, 1.54) is 0 Å². The van der Waals surface area contributed by atoms with Gasteiger partial charge in [0, 0.05) is 36.8 Å². The first-order valence-electron chi connectivity index (χ1n) is 10.2. The molecule has 2 aromatic heterocycles. The average molecular weight is 447 g/mol. The highest BCUT2D eigenvalue weighted by molar-refractivity contribution is 7.89. The summed E-state index contributed by atoms with van der Waals surface area (Å²) in [5.41, 5.74) is 0.866. The summed E-state index contributed by atoms with van der Waals surface area (Å²) < 4.78 is 41.0. The van der Waals surface area contributed by atoms with Crippen molar-refractivity contribution < 1.29 is 26.8 Å². The predicted octanol–water partition coefficient (Wildman–Crippen LogP) is 2.68. The second-order valence-corrected chi connectivity index (χ2v) is 9.94. The molecule has 4 rings (SSSR count). The van der Waals surface area contributed by atoms with E-state index in [2.05, 4.69) is 10.2 Å². The van der Waals surface area contributed by atoms with E-state index >= 15 is 0 Å². The highest BCUT2D eigenvalue weighted by Gasteiger charge is 2.28. The number of benzene rings is 1. The number of nitrogens with zero attached hydrogens (tertiary/aromatic N) is 1. The van der Waals surface area contributed by atoms with Crippen LogP contribution in [-0.4, -0.2) is 58.3 Å². The molecule has 1 saturated heterocycles. The van der Waals surface area contributed by atoms with Crippen LogP contribution in [0.5, 0.6) is 0 Å². The fourth-order valence-electron chi connectivity index (χ4n) is 3.89. The Morgan fingerprint density at radius 3 is 2.55 bits per heavy atom. The second kappa shape index (κ2) is 8.86. The van der Waals surface area contributed by atoms with Gasteiger partial charge in [-0.3, -0.25) is 9.69 Å². The van der Waals surface area contributed by atoms with Gasteiger partial charge in [0.25, 0.3) is 5.91 Å². The summed E-state index contributed by atoms with van der Waals surface area (Å²) in [6.45, 7) is 4.86. The maximum Gasteiger partial charge on any atom is 0.287 e. The van der Waals surface area contributed by atoms with Crippen molar-refractivity contribution in [2.75, 3.05) is 39.1 Å². The minimum Gasteiger partial charge on any atom is -0.465 e. The van der Waals surface area contributed by atoms with Crippen LogP contribution in [0.4, 0.5) is 0 Å². The zero-order valence-electron chi connectivity index (χ0n) is 17.6. The van der Waals surface area contributed by atoms with Crippen molar-refractivity contribution in [3.8, 4) is 0 Å². The van der Waals surface area contributed by atoms with Crippen molar-refractivity contribution in [3.63, 3.8) is 0 Å². The number of carbonyl (C=O) groups excluding carboxylic acids is 1. The zero-order valence-corrected chi connectivity index (χ0v) is 18.4. The van der Waals surface area contributed by atoms with Crippen LogP contribution < -0.4 is 5.32 Å². The number of carbonyl (C=O) groups is 1. The summed E-state index contributed by atoms with van der Waals surface area (Å²) in [6.07, 6.45) is 1.14.